The summed E-state index contributed by atoms with van der Waals surface area (Å²) in [6.45, 7) is 10.2. The Balaban J connectivity index is 1.79. The van der Waals surface area contributed by atoms with Crippen molar-refractivity contribution in [3.63, 3.8) is 0 Å². The Bertz CT molecular complexity index is 830. The third-order valence-corrected chi connectivity index (χ3v) is 6.89. The minimum absolute atomic E-state index is 0.247. The van der Waals surface area contributed by atoms with E-state index >= 15 is 0 Å². The van der Waals surface area contributed by atoms with Crippen LogP contribution in [0.4, 0.5) is 0 Å². The highest BCUT2D eigenvalue weighted by Gasteiger charge is 2.35. The third-order valence-electron chi connectivity index (χ3n) is 6.89. The first-order valence-electron chi connectivity index (χ1n) is 11.0. The molecule has 1 aromatic heterocycles. The molecular weight excluding hydrogens is 344 g/mol. The Hall–Kier alpha value is -1.94. The van der Waals surface area contributed by atoms with Gasteiger partial charge in [0.05, 0.1) is 11.7 Å². The Morgan fingerprint density at radius 2 is 1.96 bits per heavy atom. The lowest BCUT2D eigenvalue weighted by molar-refractivity contribution is 0.199. The van der Waals surface area contributed by atoms with Crippen molar-refractivity contribution >= 4 is 0 Å². The lowest BCUT2D eigenvalue weighted by atomic mass is 9.84. The number of allylic oxidation sites excluding steroid dienone is 1. The fourth-order valence-corrected chi connectivity index (χ4v) is 5.14. The summed E-state index contributed by atoms with van der Waals surface area (Å²) >= 11 is 0. The topological polar surface area (TPSA) is 34.0 Å². The molecule has 3 unspecified atom stereocenters. The van der Waals surface area contributed by atoms with E-state index in [0.29, 0.717) is 6.04 Å². The molecule has 0 bridgehead atoms. The standard InChI is InChI=1S/C24H34N4/c1-5-20-11-13-21(14-12-20)23(27-15-7-10-19(27)4)24-25-16-26-28(24)22-17(2)8-6-9-18(22)3/h6,8-9,13,16,19-20,23H,5,7,10-12,14-15H2,1-4H3. The van der Waals surface area contributed by atoms with Crippen LogP contribution in [0.3, 0.4) is 0 Å². The molecule has 2 aliphatic rings. The Morgan fingerprint density at radius 3 is 2.57 bits per heavy atom. The monoisotopic (exact) mass is 378 g/mol. The smallest absolute Gasteiger partial charge is 0.153 e. The average molecular weight is 379 g/mol. The zero-order valence-corrected chi connectivity index (χ0v) is 17.9. The van der Waals surface area contributed by atoms with E-state index in [1.807, 2.05) is 0 Å². The van der Waals surface area contributed by atoms with E-state index in [4.69, 9.17) is 10.1 Å². The summed E-state index contributed by atoms with van der Waals surface area (Å²) in [5, 5.41) is 4.70. The zero-order valence-electron chi connectivity index (χ0n) is 17.9. The highest BCUT2D eigenvalue weighted by atomic mass is 15.4. The largest absolute Gasteiger partial charge is 0.287 e. The normalized spacial score (nSPS) is 24.4. The van der Waals surface area contributed by atoms with E-state index in [0.717, 1.165) is 18.3 Å². The maximum atomic E-state index is 4.84. The molecule has 0 amide bonds. The van der Waals surface area contributed by atoms with Crippen LogP contribution in [0, 0.1) is 19.8 Å². The average Bonchev–Trinajstić information content (AvgIpc) is 3.33. The zero-order chi connectivity index (χ0) is 19.7. The van der Waals surface area contributed by atoms with Gasteiger partial charge in [0.2, 0.25) is 0 Å². The number of para-hydroxylation sites is 1. The molecule has 3 atom stereocenters. The molecule has 0 spiro atoms. The summed E-state index contributed by atoms with van der Waals surface area (Å²) in [4.78, 5) is 7.51. The SMILES string of the molecule is CCC1CC=C(C(c2ncnn2-c2c(C)cccc2C)N2CCCC2C)CC1. The molecule has 2 aromatic rings. The Labute approximate surface area is 169 Å². The van der Waals surface area contributed by atoms with Crippen molar-refractivity contribution < 1.29 is 0 Å². The summed E-state index contributed by atoms with van der Waals surface area (Å²) in [6.07, 6.45) is 11.8. The van der Waals surface area contributed by atoms with Crippen LogP contribution in [-0.2, 0) is 0 Å². The number of hydrogen-bond acceptors (Lipinski definition) is 3. The molecule has 0 N–H and O–H groups in total. The first-order chi connectivity index (χ1) is 13.6. The van der Waals surface area contributed by atoms with Crippen LogP contribution in [0.25, 0.3) is 5.69 Å². The fourth-order valence-electron chi connectivity index (χ4n) is 5.14. The molecule has 0 saturated carbocycles. The van der Waals surface area contributed by atoms with Crippen molar-refractivity contribution in [1.29, 1.82) is 0 Å². The molecule has 1 aliphatic carbocycles. The molecule has 4 heteroatoms. The van der Waals surface area contributed by atoms with Crippen molar-refractivity contribution in [2.75, 3.05) is 6.54 Å². The summed E-state index contributed by atoms with van der Waals surface area (Å²) < 4.78 is 2.12. The van der Waals surface area contributed by atoms with Crippen molar-refractivity contribution in [3.8, 4) is 5.69 Å². The van der Waals surface area contributed by atoms with Gasteiger partial charge in [-0.25, -0.2) is 9.67 Å². The second kappa shape index (κ2) is 8.20. The second-order valence-electron chi connectivity index (χ2n) is 8.73. The predicted octanol–water partition coefficient (Wildman–Crippen LogP) is 5.55. The van der Waals surface area contributed by atoms with Gasteiger partial charge >= 0.3 is 0 Å². The van der Waals surface area contributed by atoms with E-state index in [1.54, 1.807) is 11.9 Å². The van der Waals surface area contributed by atoms with Gasteiger partial charge in [0.25, 0.3) is 0 Å². The summed E-state index contributed by atoms with van der Waals surface area (Å²) in [6, 6.07) is 7.31. The molecule has 1 saturated heterocycles. The maximum Gasteiger partial charge on any atom is 0.153 e. The predicted molar refractivity (Wildman–Crippen MR) is 115 cm³/mol. The molecular formula is C24H34N4. The third kappa shape index (κ3) is 3.55. The number of rotatable bonds is 5. The molecule has 1 fully saturated rings. The van der Waals surface area contributed by atoms with Gasteiger partial charge in [-0.15, -0.1) is 0 Å². The quantitative estimate of drug-likeness (QED) is 0.640. The summed E-state index contributed by atoms with van der Waals surface area (Å²) in [5.41, 5.74) is 5.25. The number of aromatic nitrogens is 3. The lowest BCUT2D eigenvalue weighted by Crippen LogP contribution is -2.35. The van der Waals surface area contributed by atoms with E-state index in [2.05, 4.69) is 61.6 Å². The number of nitrogens with zero attached hydrogens (tertiary/aromatic N) is 4. The minimum Gasteiger partial charge on any atom is -0.287 e. The van der Waals surface area contributed by atoms with Gasteiger partial charge in [-0.3, -0.25) is 4.90 Å². The van der Waals surface area contributed by atoms with E-state index in [1.165, 1.54) is 55.3 Å². The first-order valence-corrected chi connectivity index (χ1v) is 11.0. The molecule has 150 valence electrons. The molecule has 4 rings (SSSR count). The van der Waals surface area contributed by atoms with E-state index < -0.39 is 0 Å². The number of hydrogen-bond donors (Lipinski definition) is 0. The molecule has 4 nitrogen and oxygen atoms in total. The molecule has 2 heterocycles. The van der Waals surface area contributed by atoms with E-state index in [9.17, 15) is 0 Å². The van der Waals surface area contributed by atoms with Crippen LogP contribution >= 0.6 is 0 Å². The number of likely N-dealkylation sites (tertiary alicyclic amines) is 1. The van der Waals surface area contributed by atoms with Crippen LogP contribution in [0.1, 0.15) is 75.4 Å². The van der Waals surface area contributed by atoms with Gasteiger partial charge in [0.15, 0.2) is 5.82 Å². The van der Waals surface area contributed by atoms with E-state index in [-0.39, 0.29) is 6.04 Å². The second-order valence-corrected chi connectivity index (χ2v) is 8.73. The Morgan fingerprint density at radius 1 is 1.18 bits per heavy atom. The molecule has 0 radical (unpaired) electrons. The number of aryl methyl sites for hydroxylation is 2. The summed E-state index contributed by atoms with van der Waals surface area (Å²) in [5.74, 6) is 1.93. The summed E-state index contributed by atoms with van der Waals surface area (Å²) in [7, 11) is 0. The van der Waals surface area contributed by atoms with Gasteiger partial charge in [-0.05, 0) is 82.0 Å². The van der Waals surface area contributed by atoms with Crippen LogP contribution in [0.5, 0.6) is 0 Å². The van der Waals surface area contributed by atoms with Crippen LogP contribution < -0.4 is 0 Å². The highest BCUT2D eigenvalue weighted by Crippen LogP contribution is 2.40. The maximum absolute atomic E-state index is 4.84. The minimum atomic E-state index is 0.247. The fraction of sp³-hybridized carbons (Fsp3) is 0.583. The lowest BCUT2D eigenvalue weighted by Gasteiger charge is -2.35. The Kier molecular flexibility index (Phi) is 5.68. The van der Waals surface area contributed by atoms with Gasteiger partial charge in [-0.1, -0.05) is 37.6 Å². The molecule has 1 aromatic carbocycles. The van der Waals surface area contributed by atoms with Crippen molar-refractivity contribution in [3.05, 3.63) is 53.1 Å². The van der Waals surface area contributed by atoms with Crippen LogP contribution in [0.15, 0.2) is 36.2 Å². The molecule has 1 aliphatic heterocycles. The number of benzene rings is 1. The van der Waals surface area contributed by atoms with Gasteiger partial charge in [-0.2, -0.15) is 5.10 Å². The first kappa shape index (κ1) is 19.4. The van der Waals surface area contributed by atoms with Gasteiger partial charge < -0.3 is 0 Å². The molecule has 28 heavy (non-hydrogen) atoms. The van der Waals surface area contributed by atoms with Crippen LogP contribution in [0.2, 0.25) is 0 Å². The van der Waals surface area contributed by atoms with Crippen LogP contribution in [-0.4, -0.2) is 32.3 Å². The van der Waals surface area contributed by atoms with Gasteiger partial charge in [0.1, 0.15) is 6.33 Å². The highest BCUT2D eigenvalue weighted by molar-refractivity contribution is 5.47. The van der Waals surface area contributed by atoms with Crippen molar-refractivity contribution in [1.82, 2.24) is 19.7 Å². The van der Waals surface area contributed by atoms with Crippen molar-refractivity contribution in [2.24, 2.45) is 5.92 Å². The van der Waals surface area contributed by atoms with Gasteiger partial charge in [0, 0.05) is 6.04 Å². The van der Waals surface area contributed by atoms with Crippen molar-refractivity contribution in [2.45, 2.75) is 78.3 Å².